The lowest BCUT2D eigenvalue weighted by molar-refractivity contribution is -0.384. The van der Waals surface area contributed by atoms with Crippen LogP contribution in [0.4, 0.5) is 5.69 Å². The third-order valence-electron chi connectivity index (χ3n) is 1.77. The van der Waals surface area contributed by atoms with Crippen LogP contribution < -0.4 is 0 Å². The molecule has 0 saturated carbocycles. The minimum atomic E-state index is -0.554. The van der Waals surface area contributed by atoms with Gasteiger partial charge in [0, 0.05) is 17.7 Å². The van der Waals surface area contributed by atoms with Gasteiger partial charge in [-0.15, -0.1) is 0 Å². The van der Waals surface area contributed by atoms with Gasteiger partial charge in [-0.3, -0.25) is 10.1 Å². The highest BCUT2D eigenvalue weighted by Crippen LogP contribution is 2.11. The van der Waals surface area contributed by atoms with Gasteiger partial charge in [0.15, 0.2) is 0 Å². The van der Waals surface area contributed by atoms with Gasteiger partial charge in [0.25, 0.3) is 5.69 Å². The van der Waals surface area contributed by atoms with Crippen molar-refractivity contribution in [2.24, 2.45) is 5.16 Å². The largest absolute Gasteiger partial charge is 0.466 e. The van der Waals surface area contributed by atoms with E-state index in [1.165, 1.54) is 31.5 Å². The molecule has 0 spiro atoms. The molecule has 7 heteroatoms. The average Bonchev–Trinajstić information content (AvgIpc) is 2.34. The number of nitro groups is 1. The van der Waals surface area contributed by atoms with Crippen LogP contribution in [-0.2, 0) is 14.4 Å². The van der Waals surface area contributed by atoms with E-state index in [4.69, 9.17) is 0 Å². The molecule has 0 aliphatic heterocycles. The topological polar surface area (TPSA) is 91.0 Å². The zero-order chi connectivity index (χ0) is 12.7. The van der Waals surface area contributed by atoms with Crippen molar-refractivity contribution >= 4 is 17.9 Å². The molecule has 0 aliphatic carbocycles. The van der Waals surface area contributed by atoms with Crippen LogP contribution >= 0.6 is 0 Å². The second kappa shape index (κ2) is 6.21. The molecular formula is C10H10N2O5. The smallest absolute Gasteiger partial charge is 0.346 e. The highest BCUT2D eigenvalue weighted by atomic mass is 16.6. The van der Waals surface area contributed by atoms with Crippen LogP contribution in [0, 0.1) is 10.1 Å². The molecule has 0 radical (unpaired) electrons. The van der Waals surface area contributed by atoms with Gasteiger partial charge in [-0.2, -0.15) is 0 Å². The molecule has 0 bridgehead atoms. The fraction of sp³-hybridized carbons (Fsp3) is 0.200. The fourth-order valence-corrected chi connectivity index (χ4v) is 0.966. The standard InChI is InChI=1S/C10H10N2O5/c1-16-10(13)7-17-11-6-8-3-2-4-9(5-8)12(14)15/h2-6H,7H2,1H3/b11-6-. The number of hydrogen-bond donors (Lipinski definition) is 0. The maximum absolute atomic E-state index is 10.7. The number of carbonyl (C=O) groups is 1. The summed E-state index contributed by atoms with van der Waals surface area (Å²) in [6, 6.07) is 5.86. The molecule has 0 aromatic heterocycles. The summed E-state index contributed by atoms with van der Waals surface area (Å²) in [5, 5.41) is 14.0. The van der Waals surface area contributed by atoms with E-state index in [2.05, 4.69) is 14.7 Å². The van der Waals surface area contributed by atoms with Crippen molar-refractivity contribution in [1.29, 1.82) is 0 Å². The molecule has 0 fully saturated rings. The van der Waals surface area contributed by atoms with Gasteiger partial charge in [-0.05, 0) is 0 Å². The van der Waals surface area contributed by atoms with Crippen LogP contribution in [0.2, 0.25) is 0 Å². The van der Waals surface area contributed by atoms with E-state index < -0.39 is 10.9 Å². The summed E-state index contributed by atoms with van der Waals surface area (Å²) in [6.07, 6.45) is 1.27. The molecular weight excluding hydrogens is 228 g/mol. The number of oxime groups is 1. The fourth-order valence-electron chi connectivity index (χ4n) is 0.966. The van der Waals surface area contributed by atoms with Gasteiger partial charge < -0.3 is 9.57 Å². The number of nitro benzene ring substituents is 1. The number of rotatable bonds is 5. The van der Waals surface area contributed by atoms with Crippen LogP contribution in [0.15, 0.2) is 29.4 Å². The lowest BCUT2D eigenvalue weighted by Gasteiger charge is -1.97. The van der Waals surface area contributed by atoms with E-state index in [-0.39, 0.29) is 12.3 Å². The van der Waals surface area contributed by atoms with E-state index in [1.54, 1.807) is 6.07 Å². The highest BCUT2D eigenvalue weighted by molar-refractivity contribution is 5.80. The van der Waals surface area contributed by atoms with Crippen molar-refractivity contribution in [1.82, 2.24) is 0 Å². The quantitative estimate of drug-likeness (QED) is 0.331. The highest BCUT2D eigenvalue weighted by Gasteiger charge is 2.04. The number of ether oxygens (including phenoxy) is 1. The van der Waals surface area contributed by atoms with Crippen molar-refractivity contribution < 1.29 is 19.3 Å². The Morgan fingerprint density at radius 2 is 2.35 bits per heavy atom. The van der Waals surface area contributed by atoms with Crippen LogP contribution in [-0.4, -0.2) is 30.8 Å². The Bertz CT molecular complexity index is 444. The molecule has 1 aromatic carbocycles. The van der Waals surface area contributed by atoms with Gasteiger partial charge in [0.2, 0.25) is 6.61 Å². The third kappa shape index (κ3) is 4.29. The van der Waals surface area contributed by atoms with E-state index in [0.717, 1.165) is 0 Å². The van der Waals surface area contributed by atoms with Crippen LogP contribution in [0.3, 0.4) is 0 Å². The molecule has 0 N–H and O–H groups in total. The SMILES string of the molecule is COC(=O)CO/N=C\c1cccc([N+](=O)[O-])c1. The first-order chi connectivity index (χ1) is 8.13. The first-order valence-electron chi connectivity index (χ1n) is 4.60. The molecule has 1 rings (SSSR count). The number of hydrogen-bond acceptors (Lipinski definition) is 6. The summed E-state index contributed by atoms with van der Waals surface area (Å²) >= 11 is 0. The Kier molecular flexibility index (Phi) is 4.61. The number of methoxy groups -OCH3 is 1. The lowest BCUT2D eigenvalue weighted by atomic mass is 10.2. The molecule has 17 heavy (non-hydrogen) atoms. The Morgan fingerprint density at radius 3 is 3.00 bits per heavy atom. The number of nitrogens with zero attached hydrogens (tertiary/aromatic N) is 2. The summed E-state index contributed by atoms with van der Waals surface area (Å²) in [7, 11) is 1.23. The second-order valence-corrected chi connectivity index (χ2v) is 2.94. The van der Waals surface area contributed by atoms with Crippen molar-refractivity contribution in [3.63, 3.8) is 0 Å². The Labute approximate surface area is 96.8 Å². The monoisotopic (exact) mass is 238 g/mol. The summed E-state index contributed by atoms with van der Waals surface area (Å²) in [6.45, 7) is -0.304. The lowest BCUT2D eigenvalue weighted by Crippen LogP contribution is -2.07. The summed E-state index contributed by atoms with van der Waals surface area (Å²) in [5.41, 5.74) is 0.464. The van der Waals surface area contributed by atoms with E-state index >= 15 is 0 Å². The van der Waals surface area contributed by atoms with E-state index in [9.17, 15) is 14.9 Å². The molecule has 0 heterocycles. The molecule has 0 amide bonds. The van der Waals surface area contributed by atoms with Crippen LogP contribution in [0.1, 0.15) is 5.56 Å². The molecule has 0 unspecified atom stereocenters. The van der Waals surface area contributed by atoms with Gasteiger partial charge in [0.05, 0.1) is 18.2 Å². The molecule has 90 valence electrons. The van der Waals surface area contributed by atoms with Crippen LogP contribution in [0.5, 0.6) is 0 Å². The first kappa shape index (κ1) is 12.6. The zero-order valence-corrected chi connectivity index (χ0v) is 9.03. The van der Waals surface area contributed by atoms with Crippen molar-refractivity contribution in [2.45, 2.75) is 0 Å². The summed E-state index contributed by atoms with van der Waals surface area (Å²) < 4.78 is 4.33. The Balaban J connectivity index is 2.56. The van der Waals surface area contributed by atoms with Gasteiger partial charge in [-0.1, -0.05) is 17.3 Å². The minimum Gasteiger partial charge on any atom is -0.466 e. The number of esters is 1. The van der Waals surface area contributed by atoms with Gasteiger partial charge in [0.1, 0.15) is 0 Å². The first-order valence-corrected chi connectivity index (χ1v) is 4.60. The van der Waals surface area contributed by atoms with Crippen molar-refractivity contribution in [2.75, 3.05) is 13.7 Å². The predicted octanol–water partition coefficient (Wildman–Crippen LogP) is 1.12. The van der Waals surface area contributed by atoms with E-state index in [0.29, 0.717) is 5.56 Å². The molecule has 1 aromatic rings. The van der Waals surface area contributed by atoms with Crippen LogP contribution in [0.25, 0.3) is 0 Å². The minimum absolute atomic E-state index is 0.0399. The molecule has 0 atom stereocenters. The average molecular weight is 238 g/mol. The summed E-state index contributed by atoms with van der Waals surface area (Å²) in [5.74, 6) is -0.554. The third-order valence-corrected chi connectivity index (χ3v) is 1.77. The second-order valence-electron chi connectivity index (χ2n) is 2.94. The van der Waals surface area contributed by atoms with E-state index in [1.807, 2.05) is 0 Å². The number of benzene rings is 1. The van der Waals surface area contributed by atoms with Gasteiger partial charge >= 0.3 is 5.97 Å². The van der Waals surface area contributed by atoms with Gasteiger partial charge in [-0.25, -0.2) is 4.79 Å². The maximum atomic E-state index is 10.7. The molecule has 7 nitrogen and oxygen atoms in total. The zero-order valence-electron chi connectivity index (χ0n) is 9.03. The van der Waals surface area contributed by atoms with Crippen molar-refractivity contribution in [3.8, 4) is 0 Å². The Hall–Kier alpha value is -2.44. The Morgan fingerprint density at radius 1 is 1.59 bits per heavy atom. The number of non-ortho nitro benzene ring substituents is 1. The molecule has 0 saturated heterocycles. The maximum Gasteiger partial charge on any atom is 0.346 e. The van der Waals surface area contributed by atoms with Crippen molar-refractivity contribution in [3.05, 3.63) is 39.9 Å². The summed E-state index contributed by atoms with van der Waals surface area (Å²) in [4.78, 5) is 25.2. The predicted molar refractivity (Wildman–Crippen MR) is 58.7 cm³/mol. The molecule has 0 aliphatic rings. The normalized spacial score (nSPS) is 10.2. The number of carbonyl (C=O) groups excluding carboxylic acids is 1.